The van der Waals surface area contributed by atoms with Gasteiger partial charge in [-0.05, 0) is 35.6 Å². The van der Waals surface area contributed by atoms with Gasteiger partial charge in [0.2, 0.25) is 0 Å². The summed E-state index contributed by atoms with van der Waals surface area (Å²) in [5, 5.41) is 2.14. The first kappa shape index (κ1) is 16.8. The lowest BCUT2D eigenvalue weighted by Crippen LogP contribution is -2.51. The van der Waals surface area contributed by atoms with E-state index in [1.165, 1.54) is 0 Å². The predicted octanol–water partition coefficient (Wildman–Crippen LogP) is 3.46. The smallest absolute Gasteiger partial charge is 0.254 e. The summed E-state index contributed by atoms with van der Waals surface area (Å²) < 4.78 is 0. The van der Waals surface area contributed by atoms with E-state index in [1.807, 2.05) is 47.4 Å². The van der Waals surface area contributed by atoms with Crippen LogP contribution in [0.25, 0.3) is 10.8 Å². The van der Waals surface area contributed by atoms with E-state index in [0.717, 1.165) is 35.7 Å². The van der Waals surface area contributed by atoms with Gasteiger partial charge in [0.25, 0.3) is 5.91 Å². The van der Waals surface area contributed by atoms with Crippen LogP contribution in [0.5, 0.6) is 0 Å². The third-order valence-corrected chi connectivity index (χ3v) is 4.64. The second-order valence-electron chi connectivity index (χ2n) is 5.95. The maximum Gasteiger partial charge on any atom is 0.254 e. The fourth-order valence-corrected chi connectivity index (χ4v) is 3.43. The standard InChI is InChI=1S/C18H22N2O.ClH/c1-13-6-5-11-20(17(13)12-19)18(21)16-10-4-8-14-7-2-3-9-15(14)16;/h2-4,7-10,13,17H,5-6,11-12,19H2,1H3;1H. The maximum atomic E-state index is 13.0. The third kappa shape index (κ3) is 2.96. The Bertz CT molecular complexity index is 653. The van der Waals surface area contributed by atoms with Gasteiger partial charge in [-0.15, -0.1) is 12.4 Å². The molecule has 0 aromatic heterocycles. The molecule has 0 spiro atoms. The van der Waals surface area contributed by atoms with Gasteiger partial charge in [0, 0.05) is 24.7 Å². The molecule has 4 heteroatoms. The average Bonchev–Trinajstić information content (AvgIpc) is 2.53. The number of hydrogen-bond acceptors (Lipinski definition) is 2. The Labute approximate surface area is 137 Å². The van der Waals surface area contributed by atoms with Gasteiger partial charge in [-0.3, -0.25) is 4.79 Å². The van der Waals surface area contributed by atoms with Crippen LogP contribution >= 0.6 is 12.4 Å². The van der Waals surface area contributed by atoms with Gasteiger partial charge in [0.1, 0.15) is 0 Å². The molecule has 1 aliphatic heterocycles. The summed E-state index contributed by atoms with van der Waals surface area (Å²) >= 11 is 0. The van der Waals surface area contributed by atoms with Gasteiger partial charge in [0.05, 0.1) is 0 Å². The zero-order valence-electron chi connectivity index (χ0n) is 12.9. The van der Waals surface area contributed by atoms with E-state index in [0.29, 0.717) is 12.5 Å². The topological polar surface area (TPSA) is 46.3 Å². The van der Waals surface area contributed by atoms with Crippen LogP contribution in [0, 0.1) is 5.92 Å². The Morgan fingerprint density at radius 3 is 2.73 bits per heavy atom. The number of likely N-dealkylation sites (tertiary alicyclic amines) is 1. The molecule has 118 valence electrons. The highest BCUT2D eigenvalue weighted by Gasteiger charge is 2.31. The number of hydrogen-bond donors (Lipinski definition) is 1. The zero-order chi connectivity index (χ0) is 14.8. The van der Waals surface area contributed by atoms with Crippen molar-refractivity contribution in [2.75, 3.05) is 13.1 Å². The second-order valence-corrected chi connectivity index (χ2v) is 5.95. The van der Waals surface area contributed by atoms with Crippen molar-refractivity contribution >= 4 is 29.1 Å². The number of amides is 1. The fourth-order valence-electron chi connectivity index (χ4n) is 3.43. The summed E-state index contributed by atoms with van der Waals surface area (Å²) in [6, 6.07) is 14.1. The number of nitrogens with zero attached hydrogens (tertiary/aromatic N) is 1. The lowest BCUT2D eigenvalue weighted by Gasteiger charge is -2.39. The summed E-state index contributed by atoms with van der Waals surface area (Å²) in [6.07, 6.45) is 2.22. The molecule has 1 heterocycles. The van der Waals surface area contributed by atoms with Gasteiger partial charge >= 0.3 is 0 Å². The Balaban J connectivity index is 0.00000176. The van der Waals surface area contributed by atoms with E-state index in [4.69, 9.17) is 5.73 Å². The molecule has 1 fully saturated rings. The molecule has 1 amide bonds. The normalized spacial score (nSPS) is 21.5. The minimum absolute atomic E-state index is 0. The van der Waals surface area contributed by atoms with E-state index in [2.05, 4.69) is 6.92 Å². The van der Waals surface area contributed by atoms with E-state index < -0.39 is 0 Å². The molecule has 3 rings (SSSR count). The molecule has 2 N–H and O–H groups in total. The molecule has 3 nitrogen and oxygen atoms in total. The maximum absolute atomic E-state index is 13.0. The lowest BCUT2D eigenvalue weighted by atomic mass is 9.90. The highest BCUT2D eigenvalue weighted by molar-refractivity contribution is 6.07. The third-order valence-electron chi connectivity index (χ3n) is 4.64. The number of nitrogens with two attached hydrogens (primary N) is 1. The van der Waals surface area contributed by atoms with Crippen LogP contribution in [0.1, 0.15) is 30.1 Å². The van der Waals surface area contributed by atoms with Crippen molar-refractivity contribution in [2.45, 2.75) is 25.8 Å². The van der Waals surface area contributed by atoms with Crippen molar-refractivity contribution in [3.63, 3.8) is 0 Å². The molecule has 1 saturated heterocycles. The number of piperidine rings is 1. The van der Waals surface area contributed by atoms with E-state index in [9.17, 15) is 4.79 Å². The van der Waals surface area contributed by atoms with Crippen LogP contribution in [0.3, 0.4) is 0 Å². The van der Waals surface area contributed by atoms with Crippen molar-refractivity contribution in [1.82, 2.24) is 4.90 Å². The van der Waals surface area contributed by atoms with Crippen LogP contribution < -0.4 is 5.73 Å². The molecule has 0 saturated carbocycles. The Morgan fingerprint density at radius 1 is 1.23 bits per heavy atom. The molecule has 0 aliphatic carbocycles. The van der Waals surface area contributed by atoms with Crippen LogP contribution in [0.2, 0.25) is 0 Å². The predicted molar refractivity (Wildman–Crippen MR) is 93.5 cm³/mol. The lowest BCUT2D eigenvalue weighted by molar-refractivity contribution is 0.0534. The van der Waals surface area contributed by atoms with Crippen LogP contribution in [-0.2, 0) is 0 Å². The van der Waals surface area contributed by atoms with Crippen molar-refractivity contribution in [1.29, 1.82) is 0 Å². The zero-order valence-corrected chi connectivity index (χ0v) is 13.7. The minimum Gasteiger partial charge on any atom is -0.334 e. The first-order chi connectivity index (χ1) is 10.2. The molecule has 0 radical (unpaired) electrons. The second kappa shape index (κ2) is 7.12. The van der Waals surface area contributed by atoms with E-state index in [-0.39, 0.29) is 24.4 Å². The number of carbonyl (C=O) groups is 1. The van der Waals surface area contributed by atoms with E-state index in [1.54, 1.807) is 0 Å². The van der Waals surface area contributed by atoms with Gasteiger partial charge in [0.15, 0.2) is 0 Å². The molecule has 22 heavy (non-hydrogen) atoms. The van der Waals surface area contributed by atoms with E-state index >= 15 is 0 Å². The Kier molecular flexibility index (Phi) is 5.43. The SMILES string of the molecule is CC1CCCN(C(=O)c2cccc3ccccc23)C1CN.Cl. The molecule has 2 atom stereocenters. The number of benzene rings is 2. The molecular formula is C18H23ClN2O. The Hall–Kier alpha value is -1.58. The summed E-state index contributed by atoms with van der Waals surface area (Å²) in [5.41, 5.74) is 6.71. The first-order valence-corrected chi connectivity index (χ1v) is 7.71. The van der Waals surface area contributed by atoms with Gasteiger partial charge in [-0.1, -0.05) is 43.3 Å². The largest absolute Gasteiger partial charge is 0.334 e. The number of carbonyl (C=O) groups excluding carboxylic acids is 1. The molecule has 0 bridgehead atoms. The summed E-state index contributed by atoms with van der Waals surface area (Å²) in [4.78, 5) is 15.0. The first-order valence-electron chi connectivity index (χ1n) is 7.71. The number of fused-ring (bicyclic) bond motifs is 1. The fraction of sp³-hybridized carbons (Fsp3) is 0.389. The highest BCUT2D eigenvalue weighted by atomic mass is 35.5. The quantitative estimate of drug-likeness (QED) is 0.921. The van der Waals surface area contributed by atoms with Crippen molar-refractivity contribution in [2.24, 2.45) is 11.7 Å². The highest BCUT2D eigenvalue weighted by Crippen LogP contribution is 2.26. The number of rotatable bonds is 2. The molecule has 2 unspecified atom stereocenters. The van der Waals surface area contributed by atoms with Crippen molar-refractivity contribution < 1.29 is 4.79 Å². The van der Waals surface area contributed by atoms with Crippen LogP contribution in [0.4, 0.5) is 0 Å². The summed E-state index contributed by atoms with van der Waals surface area (Å²) in [7, 11) is 0. The summed E-state index contributed by atoms with van der Waals surface area (Å²) in [5.74, 6) is 0.594. The van der Waals surface area contributed by atoms with Crippen LogP contribution in [0.15, 0.2) is 42.5 Å². The minimum atomic E-state index is 0. The molecule has 2 aromatic carbocycles. The van der Waals surface area contributed by atoms with Gasteiger partial charge < -0.3 is 10.6 Å². The monoisotopic (exact) mass is 318 g/mol. The van der Waals surface area contributed by atoms with Crippen molar-refractivity contribution in [3.05, 3.63) is 48.0 Å². The van der Waals surface area contributed by atoms with Crippen LogP contribution in [-0.4, -0.2) is 29.9 Å². The summed E-state index contributed by atoms with van der Waals surface area (Å²) in [6.45, 7) is 3.55. The molecule has 2 aromatic rings. The average molecular weight is 319 g/mol. The van der Waals surface area contributed by atoms with Crippen molar-refractivity contribution in [3.8, 4) is 0 Å². The van der Waals surface area contributed by atoms with Gasteiger partial charge in [-0.2, -0.15) is 0 Å². The Morgan fingerprint density at radius 2 is 1.95 bits per heavy atom. The van der Waals surface area contributed by atoms with Gasteiger partial charge in [-0.25, -0.2) is 0 Å². The molecular weight excluding hydrogens is 296 g/mol. The molecule has 1 aliphatic rings. The number of halogens is 1.